The summed E-state index contributed by atoms with van der Waals surface area (Å²) in [5.41, 5.74) is 20.5. The summed E-state index contributed by atoms with van der Waals surface area (Å²) in [7, 11) is 0. The van der Waals surface area contributed by atoms with Gasteiger partial charge in [-0.15, -0.1) is 0 Å². The first kappa shape index (κ1) is 37.2. The Hall–Kier alpha value is -7.62. The second-order valence-corrected chi connectivity index (χ2v) is 18.2. The van der Waals surface area contributed by atoms with Gasteiger partial charge in [0.25, 0.3) is 0 Å². The second-order valence-electron chi connectivity index (χ2n) is 18.2. The van der Waals surface area contributed by atoms with E-state index in [-0.39, 0.29) is 10.8 Å². The van der Waals surface area contributed by atoms with E-state index < -0.39 is 0 Å². The van der Waals surface area contributed by atoms with Crippen LogP contribution >= 0.6 is 0 Å². The summed E-state index contributed by atoms with van der Waals surface area (Å²) in [5, 5.41) is 2.40. The van der Waals surface area contributed by atoms with Crippen molar-refractivity contribution in [3.05, 3.63) is 235 Å². The lowest BCUT2D eigenvalue weighted by molar-refractivity contribution is 0.660. The Morgan fingerprint density at radius 3 is 1.38 bits per heavy atom. The van der Waals surface area contributed by atoms with Crippen LogP contribution in [0.25, 0.3) is 49.7 Å². The predicted octanol–water partition coefficient (Wildman–Crippen LogP) is 16.3. The van der Waals surface area contributed by atoms with Gasteiger partial charge in [-0.25, -0.2) is 0 Å². The minimum Gasteiger partial charge on any atom is -0.310 e. The van der Waals surface area contributed by atoms with Crippen LogP contribution in [0.2, 0.25) is 0 Å². The van der Waals surface area contributed by atoms with Gasteiger partial charge in [-0.2, -0.15) is 0 Å². The number of fused-ring (bicyclic) bond motifs is 9. The molecule has 9 aromatic carbocycles. The number of hydrogen-bond donors (Lipinski definition) is 0. The number of nitrogens with zero attached hydrogens (tertiary/aromatic N) is 3. The third-order valence-corrected chi connectivity index (χ3v) is 13.9. The molecule has 2 aliphatic rings. The lowest BCUT2D eigenvalue weighted by Crippen LogP contribution is -2.18. The highest BCUT2D eigenvalue weighted by atomic mass is 15.2. The Bertz CT molecular complexity index is 3400. The van der Waals surface area contributed by atoms with E-state index in [1.807, 2.05) is 0 Å². The van der Waals surface area contributed by atoms with Crippen LogP contribution in [0.4, 0.5) is 34.1 Å². The highest BCUT2D eigenvalue weighted by Crippen LogP contribution is 2.54. The second kappa shape index (κ2) is 14.0. The molecule has 12 rings (SSSR count). The summed E-state index contributed by atoms with van der Waals surface area (Å²) in [5.74, 6) is 0. The third-order valence-electron chi connectivity index (χ3n) is 13.9. The molecule has 0 atom stereocenters. The van der Waals surface area contributed by atoms with Crippen LogP contribution in [-0.2, 0) is 10.8 Å². The van der Waals surface area contributed by atoms with Gasteiger partial charge in [-0.3, -0.25) is 0 Å². The fraction of sp³-hybridized carbons (Fsp3) is 0.100. The van der Waals surface area contributed by atoms with Gasteiger partial charge in [-0.05, 0) is 123 Å². The first-order chi connectivity index (χ1) is 30.8. The molecule has 3 nitrogen and oxygen atoms in total. The quantitative estimate of drug-likeness (QED) is 0.159. The van der Waals surface area contributed by atoms with E-state index in [0.29, 0.717) is 0 Å². The van der Waals surface area contributed by atoms with Crippen LogP contribution in [-0.4, -0.2) is 4.57 Å². The summed E-state index contributed by atoms with van der Waals surface area (Å²) < 4.78 is 2.45. The lowest BCUT2D eigenvalue weighted by atomic mass is 9.82. The smallest absolute Gasteiger partial charge is 0.0583 e. The van der Waals surface area contributed by atoms with Gasteiger partial charge in [0.2, 0.25) is 0 Å². The fourth-order valence-electron chi connectivity index (χ4n) is 10.9. The monoisotopic (exact) mass is 809 g/mol. The van der Waals surface area contributed by atoms with Crippen LogP contribution in [0.5, 0.6) is 0 Å². The fourth-order valence-corrected chi connectivity index (χ4v) is 10.9. The molecule has 3 heteroatoms. The van der Waals surface area contributed by atoms with Crippen molar-refractivity contribution < 1.29 is 0 Å². The van der Waals surface area contributed by atoms with Gasteiger partial charge in [0, 0.05) is 50.0 Å². The Balaban J connectivity index is 1.17. The minimum absolute atomic E-state index is 0.149. The molecule has 0 saturated carbocycles. The molecule has 0 amide bonds. The first-order valence-electron chi connectivity index (χ1n) is 22.1. The standard InChI is InChI=1S/C60H47N3/c1-59(2)51-29-17-14-26-46(51)48-34-32-43(36-53(48)59)61(40-20-8-5-9-21-40)45-38-56(58-50-28-16-19-31-55(50)63(57(58)39-45)42-24-12-7-13-25-42)62(41-22-10-6-11-23-41)44-33-35-49-47-27-15-18-30-52(47)60(3,4)54(49)37-44/h5-39H,1-4H3. The molecule has 63 heavy (non-hydrogen) atoms. The zero-order valence-corrected chi connectivity index (χ0v) is 36.0. The van der Waals surface area contributed by atoms with Crippen LogP contribution in [0.15, 0.2) is 212 Å². The van der Waals surface area contributed by atoms with Crippen LogP contribution in [0.1, 0.15) is 49.9 Å². The molecule has 0 spiro atoms. The van der Waals surface area contributed by atoms with Crippen molar-refractivity contribution in [1.29, 1.82) is 0 Å². The normalized spacial score (nSPS) is 14.0. The van der Waals surface area contributed by atoms with E-state index in [9.17, 15) is 0 Å². The molecule has 0 N–H and O–H groups in total. The number of aromatic nitrogens is 1. The number of anilines is 6. The Morgan fingerprint density at radius 1 is 0.333 bits per heavy atom. The Kier molecular flexibility index (Phi) is 8.23. The zero-order chi connectivity index (χ0) is 42.5. The highest BCUT2D eigenvalue weighted by Gasteiger charge is 2.37. The molecular weight excluding hydrogens is 763 g/mol. The number of benzene rings is 9. The van der Waals surface area contributed by atoms with Gasteiger partial charge in [0.15, 0.2) is 0 Å². The summed E-state index contributed by atoms with van der Waals surface area (Å²) in [6.45, 7) is 9.47. The van der Waals surface area contributed by atoms with Crippen molar-refractivity contribution in [2.75, 3.05) is 9.80 Å². The number of para-hydroxylation sites is 4. The number of hydrogen-bond acceptors (Lipinski definition) is 2. The Labute approximate surface area is 369 Å². The maximum Gasteiger partial charge on any atom is 0.0583 e. The molecule has 0 bridgehead atoms. The lowest BCUT2D eigenvalue weighted by Gasteiger charge is -2.32. The number of rotatable bonds is 7. The topological polar surface area (TPSA) is 11.4 Å². The van der Waals surface area contributed by atoms with Crippen LogP contribution < -0.4 is 9.80 Å². The molecule has 1 aromatic heterocycles. The molecule has 0 saturated heterocycles. The van der Waals surface area contributed by atoms with E-state index in [1.54, 1.807) is 0 Å². The molecule has 0 unspecified atom stereocenters. The third kappa shape index (κ3) is 5.59. The molecule has 2 aliphatic carbocycles. The van der Waals surface area contributed by atoms with Gasteiger partial charge in [0.05, 0.1) is 22.4 Å². The summed E-state index contributed by atoms with van der Waals surface area (Å²) >= 11 is 0. The average molecular weight is 810 g/mol. The van der Waals surface area contributed by atoms with Crippen LogP contribution in [0.3, 0.4) is 0 Å². The molecule has 0 radical (unpaired) electrons. The van der Waals surface area contributed by atoms with E-state index >= 15 is 0 Å². The van der Waals surface area contributed by atoms with Crippen LogP contribution in [0, 0.1) is 0 Å². The average Bonchev–Trinajstić information content (AvgIpc) is 3.87. The first-order valence-corrected chi connectivity index (χ1v) is 22.1. The van der Waals surface area contributed by atoms with E-state index in [2.05, 4.69) is 254 Å². The van der Waals surface area contributed by atoms with Crippen molar-refractivity contribution in [1.82, 2.24) is 4.57 Å². The van der Waals surface area contributed by atoms with Gasteiger partial charge >= 0.3 is 0 Å². The molecule has 10 aromatic rings. The van der Waals surface area contributed by atoms with Crippen molar-refractivity contribution in [3.8, 4) is 27.9 Å². The van der Waals surface area contributed by atoms with Gasteiger partial charge in [0.1, 0.15) is 0 Å². The SMILES string of the molecule is CC1(C)c2ccccc2-c2ccc(N(c3ccccc3)c3cc(N(c4ccccc4)c4ccc5c(c4)C(C)(C)c4ccccc4-5)c4c5ccccc5n(-c5ccccc5)c4c3)cc21. The van der Waals surface area contributed by atoms with Gasteiger partial charge < -0.3 is 14.4 Å². The summed E-state index contributed by atoms with van der Waals surface area (Å²) in [6, 6.07) is 78.4. The zero-order valence-electron chi connectivity index (χ0n) is 36.0. The molecule has 0 aliphatic heterocycles. The van der Waals surface area contributed by atoms with Crippen molar-refractivity contribution in [2.45, 2.75) is 38.5 Å². The molecule has 302 valence electrons. The minimum atomic E-state index is -0.157. The Morgan fingerprint density at radius 2 is 0.794 bits per heavy atom. The van der Waals surface area contributed by atoms with Crippen molar-refractivity contribution in [3.63, 3.8) is 0 Å². The van der Waals surface area contributed by atoms with E-state index in [1.165, 1.54) is 60.8 Å². The summed E-state index contributed by atoms with van der Waals surface area (Å²) in [6.07, 6.45) is 0. The van der Waals surface area contributed by atoms with Gasteiger partial charge in [-0.1, -0.05) is 161 Å². The highest BCUT2D eigenvalue weighted by molar-refractivity contribution is 6.18. The van der Waals surface area contributed by atoms with E-state index in [4.69, 9.17) is 0 Å². The molecular formula is C60H47N3. The molecule has 0 fully saturated rings. The molecule has 1 heterocycles. The maximum atomic E-state index is 2.50. The predicted molar refractivity (Wildman–Crippen MR) is 265 cm³/mol. The van der Waals surface area contributed by atoms with E-state index in [0.717, 1.165) is 45.3 Å². The largest absolute Gasteiger partial charge is 0.310 e. The maximum absolute atomic E-state index is 2.50. The van der Waals surface area contributed by atoms with Crippen molar-refractivity contribution in [2.24, 2.45) is 0 Å². The summed E-state index contributed by atoms with van der Waals surface area (Å²) in [4.78, 5) is 4.96. The van der Waals surface area contributed by atoms with Crippen molar-refractivity contribution >= 4 is 55.9 Å².